The Balaban J connectivity index is 1.71. The first-order chi connectivity index (χ1) is 16.0. The van der Waals surface area contributed by atoms with Gasteiger partial charge in [0.15, 0.2) is 5.13 Å². The molecule has 33 heavy (non-hydrogen) atoms. The van der Waals surface area contributed by atoms with Crippen molar-refractivity contribution >= 4 is 46.1 Å². The highest BCUT2D eigenvalue weighted by Crippen LogP contribution is 2.28. The SMILES string of the molecule is COOSc1ccc(Cc2sc(NC(C)=O)nc2CCc2ccc(N=C(N)NN)cc2)cc1. The summed E-state index contributed by atoms with van der Waals surface area (Å²) >= 11 is 2.66. The highest BCUT2D eigenvalue weighted by molar-refractivity contribution is 7.94. The van der Waals surface area contributed by atoms with Crippen LogP contribution in [0.3, 0.4) is 0 Å². The molecule has 0 radical (unpaired) electrons. The number of aryl methyl sites for hydroxylation is 2. The number of hydrogen-bond acceptors (Lipinski definition) is 8. The van der Waals surface area contributed by atoms with Gasteiger partial charge in [-0.15, -0.1) is 11.3 Å². The Labute approximate surface area is 200 Å². The monoisotopic (exact) mass is 486 g/mol. The van der Waals surface area contributed by atoms with Gasteiger partial charge in [-0.05, 0) is 48.2 Å². The van der Waals surface area contributed by atoms with Crippen molar-refractivity contribution in [1.82, 2.24) is 10.4 Å². The van der Waals surface area contributed by atoms with E-state index in [1.807, 2.05) is 48.5 Å². The van der Waals surface area contributed by atoms with Crippen LogP contribution in [0.2, 0.25) is 0 Å². The zero-order valence-corrected chi connectivity index (χ0v) is 20.0. The summed E-state index contributed by atoms with van der Waals surface area (Å²) in [5, 5.41) is 3.42. The van der Waals surface area contributed by atoms with Crippen LogP contribution in [0.15, 0.2) is 58.4 Å². The van der Waals surface area contributed by atoms with Crippen molar-refractivity contribution in [1.29, 1.82) is 0 Å². The van der Waals surface area contributed by atoms with Gasteiger partial charge in [-0.2, -0.15) is 4.33 Å². The number of carbonyl (C=O) groups excluding carboxylic acids is 1. The summed E-state index contributed by atoms with van der Waals surface area (Å²) in [6.07, 6.45) is 2.27. The second-order valence-corrected chi connectivity index (χ2v) is 8.87. The van der Waals surface area contributed by atoms with Crippen molar-refractivity contribution in [2.24, 2.45) is 16.6 Å². The van der Waals surface area contributed by atoms with Crippen LogP contribution in [0.25, 0.3) is 0 Å². The summed E-state index contributed by atoms with van der Waals surface area (Å²) in [5.41, 5.74) is 11.9. The third kappa shape index (κ3) is 7.84. The van der Waals surface area contributed by atoms with Gasteiger partial charge in [0.1, 0.15) is 0 Å². The van der Waals surface area contributed by atoms with Gasteiger partial charge in [-0.1, -0.05) is 24.3 Å². The van der Waals surface area contributed by atoms with E-state index in [2.05, 4.69) is 25.6 Å². The Kier molecular flexibility index (Phi) is 9.22. The van der Waals surface area contributed by atoms with Crippen molar-refractivity contribution in [3.8, 4) is 0 Å². The van der Waals surface area contributed by atoms with E-state index in [1.54, 1.807) is 0 Å². The smallest absolute Gasteiger partial charge is 0.223 e. The molecule has 0 unspecified atom stereocenters. The summed E-state index contributed by atoms with van der Waals surface area (Å²) in [7, 11) is 1.47. The van der Waals surface area contributed by atoms with E-state index in [1.165, 1.54) is 25.4 Å². The Hall–Kier alpha value is -2.96. The normalized spacial score (nSPS) is 11.4. The number of benzene rings is 2. The zero-order chi connectivity index (χ0) is 23.6. The lowest BCUT2D eigenvalue weighted by molar-refractivity contribution is -0.160. The minimum atomic E-state index is -0.135. The van der Waals surface area contributed by atoms with Gasteiger partial charge >= 0.3 is 0 Å². The molecule has 0 aliphatic carbocycles. The molecule has 1 aromatic heterocycles. The lowest BCUT2D eigenvalue weighted by atomic mass is 10.0. The number of carbonyl (C=O) groups is 1. The summed E-state index contributed by atoms with van der Waals surface area (Å²) < 4.78 is 4.89. The second kappa shape index (κ2) is 12.3. The van der Waals surface area contributed by atoms with E-state index >= 15 is 0 Å². The fourth-order valence-corrected chi connectivity index (χ4v) is 4.50. The van der Waals surface area contributed by atoms with E-state index in [9.17, 15) is 4.79 Å². The first-order valence-electron chi connectivity index (χ1n) is 10.1. The zero-order valence-electron chi connectivity index (χ0n) is 18.3. The number of nitrogens with two attached hydrogens (primary N) is 2. The number of nitrogens with zero attached hydrogens (tertiary/aromatic N) is 2. The van der Waals surface area contributed by atoms with Crippen LogP contribution < -0.4 is 22.3 Å². The molecule has 3 aromatic rings. The maximum absolute atomic E-state index is 11.5. The Morgan fingerprint density at radius 3 is 2.45 bits per heavy atom. The van der Waals surface area contributed by atoms with Crippen LogP contribution in [0.1, 0.15) is 28.6 Å². The molecule has 0 bridgehead atoms. The fourth-order valence-electron chi connectivity index (χ4n) is 3.01. The number of hydrogen-bond donors (Lipinski definition) is 4. The van der Waals surface area contributed by atoms with E-state index in [4.69, 9.17) is 15.9 Å². The maximum Gasteiger partial charge on any atom is 0.223 e. The third-order valence-corrected chi connectivity index (χ3v) is 6.21. The average Bonchev–Trinajstić information content (AvgIpc) is 3.18. The van der Waals surface area contributed by atoms with Crippen molar-refractivity contribution in [3.05, 3.63) is 70.2 Å². The fraction of sp³-hybridized carbons (Fsp3) is 0.227. The number of guanidine groups is 1. The van der Waals surface area contributed by atoms with E-state index in [-0.39, 0.29) is 11.9 Å². The van der Waals surface area contributed by atoms with Crippen LogP contribution >= 0.6 is 23.4 Å². The lowest BCUT2D eigenvalue weighted by Gasteiger charge is -2.05. The molecule has 1 heterocycles. The Morgan fingerprint density at radius 2 is 1.82 bits per heavy atom. The van der Waals surface area contributed by atoms with Crippen molar-refractivity contribution in [2.45, 2.75) is 31.1 Å². The molecule has 6 N–H and O–H groups in total. The van der Waals surface area contributed by atoms with E-state index in [0.717, 1.165) is 57.9 Å². The molecule has 2 aromatic carbocycles. The number of hydrazine groups is 1. The highest BCUT2D eigenvalue weighted by Gasteiger charge is 2.13. The van der Waals surface area contributed by atoms with Gasteiger partial charge in [0.2, 0.25) is 11.9 Å². The van der Waals surface area contributed by atoms with Gasteiger partial charge in [0.25, 0.3) is 0 Å². The second-order valence-electron chi connectivity index (χ2n) is 7.02. The Bertz CT molecular complexity index is 1080. The van der Waals surface area contributed by atoms with Crippen molar-refractivity contribution in [3.63, 3.8) is 0 Å². The predicted octanol–water partition coefficient (Wildman–Crippen LogP) is 3.47. The van der Waals surface area contributed by atoms with Crippen LogP contribution in [0, 0.1) is 0 Å². The molecule has 0 spiro atoms. The maximum atomic E-state index is 11.5. The van der Waals surface area contributed by atoms with E-state index in [0.29, 0.717) is 10.8 Å². The summed E-state index contributed by atoms with van der Waals surface area (Å²) in [5.74, 6) is 5.26. The van der Waals surface area contributed by atoms with Crippen LogP contribution in [-0.4, -0.2) is 24.0 Å². The molecular weight excluding hydrogens is 460 g/mol. The summed E-state index contributed by atoms with van der Waals surface area (Å²) in [6.45, 7) is 1.48. The van der Waals surface area contributed by atoms with Gasteiger partial charge in [-0.3, -0.25) is 10.2 Å². The number of aliphatic imine (C=N–C) groups is 1. The number of thiazole rings is 1. The Morgan fingerprint density at radius 1 is 1.12 bits per heavy atom. The van der Waals surface area contributed by atoms with E-state index < -0.39 is 0 Å². The molecule has 1 amide bonds. The first-order valence-corrected chi connectivity index (χ1v) is 11.6. The average molecular weight is 487 g/mol. The third-order valence-electron chi connectivity index (χ3n) is 4.53. The molecule has 0 atom stereocenters. The lowest BCUT2D eigenvalue weighted by Crippen LogP contribution is -2.36. The molecule has 3 rings (SSSR count). The minimum Gasteiger partial charge on any atom is -0.369 e. The molecule has 174 valence electrons. The number of aromatic nitrogens is 1. The first kappa shape index (κ1) is 24.7. The van der Waals surface area contributed by atoms with Gasteiger partial charge in [0, 0.05) is 23.1 Å². The van der Waals surface area contributed by atoms with Crippen LogP contribution in [-0.2, 0) is 33.3 Å². The molecule has 9 nitrogen and oxygen atoms in total. The molecule has 11 heteroatoms. The largest absolute Gasteiger partial charge is 0.369 e. The summed E-state index contributed by atoms with van der Waals surface area (Å²) in [4.78, 5) is 27.0. The van der Waals surface area contributed by atoms with Crippen LogP contribution in [0.5, 0.6) is 0 Å². The summed E-state index contributed by atoms with van der Waals surface area (Å²) in [6, 6.07) is 15.8. The van der Waals surface area contributed by atoms with Crippen molar-refractivity contribution < 1.29 is 14.0 Å². The van der Waals surface area contributed by atoms with Gasteiger partial charge < -0.3 is 11.1 Å². The predicted molar refractivity (Wildman–Crippen MR) is 132 cm³/mol. The number of rotatable bonds is 10. The van der Waals surface area contributed by atoms with Crippen LogP contribution in [0.4, 0.5) is 10.8 Å². The highest BCUT2D eigenvalue weighted by atomic mass is 32.2. The molecule has 0 aliphatic heterocycles. The number of amides is 1. The number of anilines is 1. The van der Waals surface area contributed by atoms with Gasteiger partial charge in [0.05, 0.1) is 30.5 Å². The topological polar surface area (TPSA) is 137 Å². The molecule has 0 saturated heterocycles. The van der Waals surface area contributed by atoms with Gasteiger partial charge in [-0.25, -0.2) is 20.7 Å². The minimum absolute atomic E-state index is 0.135. The standard InChI is InChI=1S/C22H26N6O3S2/c1-14(29)25-22-27-19(12-7-15-3-8-17(9-4-15)26-21(23)28-24)20(32-22)13-16-5-10-18(11-6-16)33-31-30-2/h3-6,8-11H,7,12-13,24H2,1-2H3,(H3,23,26,28)(H,25,27,29). The molecular formula is C22H26N6O3S2. The molecule has 0 saturated carbocycles. The number of nitrogens with one attached hydrogen (secondary N) is 2. The quantitative estimate of drug-likeness (QED) is 0.0854. The molecule has 0 fully saturated rings. The van der Waals surface area contributed by atoms with Crippen molar-refractivity contribution in [2.75, 3.05) is 12.4 Å². The molecule has 0 aliphatic rings.